The molecule has 0 atom stereocenters. The Morgan fingerprint density at radius 1 is 1.23 bits per heavy atom. The standard InChI is InChI=1S/C17H18N4O/c1-10-15-13(8-17(2,3)9-14(15)22)21(20-10)16-18-11-6-4-5-7-12(11)19-16/h4-7H,8-9H2,1-3H3,(H,18,19). The summed E-state index contributed by atoms with van der Waals surface area (Å²) < 4.78 is 1.81. The zero-order valence-electron chi connectivity index (χ0n) is 13.0. The van der Waals surface area contributed by atoms with Crippen LogP contribution >= 0.6 is 0 Å². The van der Waals surface area contributed by atoms with Gasteiger partial charge in [0.2, 0.25) is 5.95 Å². The molecule has 0 unspecified atom stereocenters. The highest BCUT2D eigenvalue weighted by Gasteiger charge is 2.36. The highest BCUT2D eigenvalue weighted by atomic mass is 16.1. The van der Waals surface area contributed by atoms with E-state index in [2.05, 4.69) is 28.9 Å². The normalized spacial score (nSPS) is 17.0. The predicted molar refractivity (Wildman–Crippen MR) is 84.4 cm³/mol. The second-order valence-corrected chi connectivity index (χ2v) is 6.84. The number of imidazole rings is 1. The summed E-state index contributed by atoms with van der Waals surface area (Å²) in [7, 11) is 0. The van der Waals surface area contributed by atoms with Crippen LogP contribution in [-0.2, 0) is 6.42 Å². The van der Waals surface area contributed by atoms with Crippen LogP contribution < -0.4 is 0 Å². The van der Waals surface area contributed by atoms with Crippen LogP contribution in [0.25, 0.3) is 17.0 Å². The molecule has 0 fully saturated rings. The molecule has 5 heteroatoms. The number of nitrogens with zero attached hydrogens (tertiary/aromatic N) is 3. The summed E-state index contributed by atoms with van der Waals surface area (Å²) in [5, 5.41) is 4.58. The molecule has 2 aromatic heterocycles. The lowest BCUT2D eigenvalue weighted by molar-refractivity contribution is 0.0910. The molecular weight excluding hydrogens is 276 g/mol. The molecule has 0 amide bonds. The number of aromatic amines is 1. The SMILES string of the molecule is Cc1nn(-c2nc3ccccc3[nH]2)c2c1C(=O)CC(C)(C)C2. The number of benzene rings is 1. The van der Waals surface area contributed by atoms with E-state index in [1.54, 1.807) is 0 Å². The molecule has 0 radical (unpaired) electrons. The third-order valence-corrected chi connectivity index (χ3v) is 4.30. The van der Waals surface area contributed by atoms with Crippen LogP contribution in [0.5, 0.6) is 0 Å². The molecule has 2 heterocycles. The van der Waals surface area contributed by atoms with Crippen LogP contribution in [0.2, 0.25) is 0 Å². The molecule has 5 nitrogen and oxygen atoms in total. The van der Waals surface area contributed by atoms with Gasteiger partial charge in [-0.3, -0.25) is 4.79 Å². The molecule has 1 aromatic carbocycles. The molecule has 1 aliphatic rings. The number of hydrogen-bond donors (Lipinski definition) is 1. The van der Waals surface area contributed by atoms with E-state index in [9.17, 15) is 4.79 Å². The number of fused-ring (bicyclic) bond motifs is 2. The maximum absolute atomic E-state index is 12.5. The molecule has 0 saturated heterocycles. The smallest absolute Gasteiger partial charge is 0.229 e. The van der Waals surface area contributed by atoms with Crippen molar-refractivity contribution in [2.24, 2.45) is 5.41 Å². The van der Waals surface area contributed by atoms with Gasteiger partial charge in [-0.05, 0) is 30.9 Å². The summed E-state index contributed by atoms with van der Waals surface area (Å²) in [5.41, 5.74) is 4.37. The Morgan fingerprint density at radius 3 is 2.77 bits per heavy atom. The maximum Gasteiger partial charge on any atom is 0.229 e. The number of ketones is 1. The van der Waals surface area contributed by atoms with E-state index in [1.807, 2.05) is 35.9 Å². The quantitative estimate of drug-likeness (QED) is 0.749. The molecule has 1 N–H and O–H groups in total. The number of para-hydroxylation sites is 2. The van der Waals surface area contributed by atoms with Gasteiger partial charge in [0.05, 0.1) is 28.0 Å². The van der Waals surface area contributed by atoms with E-state index in [0.717, 1.165) is 34.4 Å². The number of carbonyl (C=O) groups excluding carboxylic acids is 1. The molecule has 3 aromatic rings. The monoisotopic (exact) mass is 294 g/mol. The number of rotatable bonds is 1. The van der Waals surface area contributed by atoms with Crippen LogP contribution in [0, 0.1) is 12.3 Å². The van der Waals surface area contributed by atoms with Gasteiger partial charge < -0.3 is 4.98 Å². The van der Waals surface area contributed by atoms with Gasteiger partial charge in [-0.1, -0.05) is 26.0 Å². The van der Waals surface area contributed by atoms with Gasteiger partial charge in [0, 0.05) is 6.42 Å². The van der Waals surface area contributed by atoms with Gasteiger partial charge in [-0.25, -0.2) is 9.67 Å². The van der Waals surface area contributed by atoms with E-state index in [0.29, 0.717) is 12.4 Å². The van der Waals surface area contributed by atoms with Gasteiger partial charge in [0.15, 0.2) is 5.78 Å². The van der Waals surface area contributed by atoms with E-state index in [1.165, 1.54) is 0 Å². The van der Waals surface area contributed by atoms with E-state index in [4.69, 9.17) is 0 Å². The van der Waals surface area contributed by atoms with E-state index < -0.39 is 0 Å². The minimum absolute atomic E-state index is 0.0413. The summed E-state index contributed by atoms with van der Waals surface area (Å²) in [6.07, 6.45) is 1.40. The summed E-state index contributed by atoms with van der Waals surface area (Å²) in [6.45, 7) is 6.15. The van der Waals surface area contributed by atoms with Crippen LogP contribution in [0.1, 0.15) is 42.0 Å². The molecule has 0 saturated carbocycles. The second-order valence-electron chi connectivity index (χ2n) is 6.84. The molecule has 1 aliphatic carbocycles. The van der Waals surface area contributed by atoms with Crippen LogP contribution in [0.4, 0.5) is 0 Å². The molecule has 22 heavy (non-hydrogen) atoms. The highest BCUT2D eigenvalue weighted by Crippen LogP contribution is 2.36. The van der Waals surface area contributed by atoms with Crippen molar-refractivity contribution in [1.82, 2.24) is 19.7 Å². The average molecular weight is 294 g/mol. The number of aryl methyl sites for hydroxylation is 1. The number of hydrogen-bond acceptors (Lipinski definition) is 3. The molecule has 0 spiro atoms. The van der Waals surface area contributed by atoms with Gasteiger partial charge in [-0.2, -0.15) is 5.10 Å². The van der Waals surface area contributed by atoms with Crippen molar-refractivity contribution in [2.75, 3.05) is 0 Å². The predicted octanol–water partition coefficient (Wildman–Crippen LogP) is 3.21. The van der Waals surface area contributed by atoms with E-state index >= 15 is 0 Å². The lowest BCUT2D eigenvalue weighted by atomic mass is 9.75. The fourth-order valence-corrected chi connectivity index (χ4v) is 3.35. The van der Waals surface area contributed by atoms with Crippen LogP contribution in [-0.4, -0.2) is 25.5 Å². The Hall–Kier alpha value is -2.43. The third kappa shape index (κ3) is 1.89. The summed E-state index contributed by atoms with van der Waals surface area (Å²) in [5.74, 6) is 0.863. The van der Waals surface area contributed by atoms with Crippen LogP contribution in [0.3, 0.4) is 0 Å². The number of Topliss-reactive ketones (excluding diaryl/α,β-unsaturated/α-hetero) is 1. The summed E-state index contributed by atoms with van der Waals surface area (Å²) >= 11 is 0. The Morgan fingerprint density at radius 2 is 2.00 bits per heavy atom. The van der Waals surface area contributed by atoms with Gasteiger partial charge in [0.1, 0.15) is 0 Å². The highest BCUT2D eigenvalue weighted by molar-refractivity contribution is 5.99. The van der Waals surface area contributed by atoms with Crippen molar-refractivity contribution >= 4 is 16.8 Å². The first-order valence-corrected chi connectivity index (χ1v) is 7.51. The minimum Gasteiger partial charge on any atom is -0.322 e. The molecule has 0 aliphatic heterocycles. The number of aromatic nitrogens is 4. The number of H-pyrrole nitrogens is 1. The van der Waals surface area contributed by atoms with Crippen molar-refractivity contribution in [3.63, 3.8) is 0 Å². The fraction of sp³-hybridized carbons (Fsp3) is 0.353. The van der Waals surface area contributed by atoms with Gasteiger partial charge >= 0.3 is 0 Å². The second kappa shape index (κ2) is 4.29. The topological polar surface area (TPSA) is 63.6 Å². The first-order chi connectivity index (χ1) is 10.4. The summed E-state index contributed by atoms with van der Waals surface area (Å²) in [4.78, 5) is 20.4. The first-order valence-electron chi connectivity index (χ1n) is 7.51. The van der Waals surface area contributed by atoms with Crippen LogP contribution in [0.15, 0.2) is 24.3 Å². The fourth-order valence-electron chi connectivity index (χ4n) is 3.35. The average Bonchev–Trinajstić information content (AvgIpc) is 2.98. The Labute approximate surface area is 128 Å². The lowest BCUT2D eigenvalue weighted by Crippen LogP contribution is -2.28. The Balaban J connectivity index is 1.93. The maximum atomic E-state index is 12.5. The minimum atomic E-state index is -0.0413. The Kier molecular flexibility index (Phi) is 2.58. The molecular formula is C17H18N4O. The molecule has 0 bridgehead atoms. The largest absolute Gasteiger partial charge is 0.322 e. The van der Waals surface area contributed by atoms with E-state index in [-0.39, 0.29) is 11.2 Å². The number of carbonyl (C=O) groups is 1. The van der Waals surface area contributed by atoms with Gasteiger partial charge in [-0.15, -0.1) is 0 Å². The Bertz CT molecular complexity index is 868. The van der Waals surface area contributed by atoms with Crippen molar-refractivity contribution < 1.29 is 4.79 Å². The molecule has 112 valence electrons. The molecule has 4 rings (SSSR count). The van der Waals surface area contributed by atoms with Crippen molar-refractivity contribution in [2.45, 2.75) is 33.6 Å². The van der Waals surface area contributed by atoms with Gasteiger partial charge in [0.25, 0.3) is 0 Å². The first kappa shape index (κ1) is 13.2. The zero-order valence-corrected chi connectivity index (χ0v) is 13.0. The lowest BCUT2D eigenvalue weighted by Gasteiger charge is -2.28. The zero-order chi connectivity index (χ0) is 15.5. The van der Waals surface area contributed by atoms with Crippen molar-refractivity contribution in [3.05, 3.63) is 41.2 Å². The van der Waals surface area contributed by atoms with Crippen molar-refractivity contribution in [3.8, 4) is 5.95 Å². The third-order valence-electron chi connectivity index (χ3n) is 4.30. The van der Waals surface area contributed by atoms with Crippen molar-refractivity contribution in [1.29, 1.82) is 0 Å². The number of nitrogens with one attached hydrogen (secondary N) is 1. The summed E-state index contributed by atoms with van der Waals surface area (Å²) in [6, 6.07) is 7.89.